The highest BCUT2D eigenvalue weighted by Gasteiger charge is 2.36. The van der Waals surface area contributed by atoms with Gasteiger partial charge in [0.2, 0.25) is 0 Å². The number of Topliss-reactive ketones (excluding diaryl/α,β-unsaturated/α-hetero) is 1. The maximum Gasteiger partial charge on any atom is 0.327 e. The Kier molecular flexibility index (Phi) is 6.29. The molecule has 4 nitrogen and oxygen atoms in total. The number of methoxy groups -OCH3 is 1. The van der Waals surface area contributed by atoms with Crippen molar-refractivity contribution in [1.29, 1.82) is 0 Å². The van der Waals surface area contributed by atoms with E-state index in [-0.39, 0.29) is 18.2 Å². The minimum atomic E-state index is -0.648. The number of nitrogens with zero attached hydrogens (tertiary/aromatic N) is 1. The summed E-state index contributed by atoms with van der Waals surface area (Å²) in [4.78, 5) is 26.2. The van der Waals surface area contributed by atoms with Gasteiger partial charge in [-0.25, -0.2) is 4.79 Å². The average molecular weight is 342 g/mol. The first-order chi connectivity index (χ1) is 10.6. The van der Waals surface area contributed by atoms with Crippen molar-refractivity contribution in [3.63, 3.8) is 0 Å². The van der Waals surface area contributed by atoms with Gasteiger partial charge in [-0.2, -0.15) is 12.6 Å². The Morgan fingerprint density at radius 3 is 2.86 bits per heavy atom. The molecule has 1 aromatic rings. The number of likely N-dealkylation sites (tertiary alicyclic amines) is 1. The summed E-state index contributed by atoms with van der Waals surface area (Å²) in [5.41, 5.74) is 0.676. The monoisotopic (exact) mass is 341 g/mol. The molecule has 0 bridgehead atoms. The first-order valence-corrected chi connectivity index (χ1v) is 8.26. The standard InChI is InChI=1S/C16H20ClNO3S/c1-21-16(20)15(13-4-2-3-5-14(13)17)18-9-11(6-7-22)8-12(19)10-18/h2-5,11,15,22H,6-10H2,1H3. The van der Waals surface area contributed by atoms with Gasteiger partial charge >= 0.3 is 5.97 Å². The van der Waals surface area contributed by atoms with Crippen LogP contribution in [0.15, 0.2) is 24.3 Å². The minimum absolute atomic E-state index is 0.138. The SMILES string of the molecule is COC(=O)C(c1ccccc1Cl)N1CC(=O)CC(CCS)C1. The number of carbonyl (C=O) groups excluding carboxylic acids is 2. The van der Waals surface area contributed by atoms with Gasteiger partial charge in [0.15, 0.2) is 0 Å². The summed E-state index contributed by atoms with van der Waals surface area (Å²) in [5, 5.41) is 0.502. The largest absolute Gasteiger partial charge is 0.468 e. The van der Waals surface area contributed by atoms with E-state index in [2.05, 4.69) is 12.6 Å². The predicted molar refractivity (Wildman–Crippen MR) is 89.4 cm³/mol. The average Bonchev–Trinajstić information content (AvgIpc) is 2.49. The van der Waals surface area contributed by atoms with E-state index < -0.39 is 12.0 Å². The number of hydrogen-bond acceptors (Lipinski definition) is 5. The number of esters is 1. The van der Waals surface area contributed by atoms with Crippen LogP contribution in [0.2, 0.25) is 5.02 Å². The minimum Gasteiger partial charge on any atom is -0.468 e. The maximum atomic E-state index is 12.3. The molecule has 1 aliphatic rings. The van der Waals surface area contributed by atoms with Gasteiger partial charge in [0, 0.05) is 18.0 Å². The third-order valence-electron chi connectivity index (χ3n) is 3.92. The van der Waals surface area contributed by atoms with Crippen molar-refractivity contribution >= 4 is 36.0 Å². The van der Waals surface area contributed by atoms with Gasteiger partial charge in [-0.1, -0.05) is 29.8 Å². The molecule has 0 aliphatic carbocycles. The zero-order valence-corrected chi connectivity index (χ0v) is 14.1. The number of halogens is 1. The van der Waals surface area contributed by atoms with Crippen LogP contribution in [-0.4, -0.2) is 42.6 Å². The molecule has 1 aromatic carbocycles. The molecule has 2 unspecified atom stereocenters. The molecule has 2 atom stereocenters. The molecule has 22 heavy (non-hydrogen) atoms. The van der Waals surface area contributed by atoms with Crippen LogP contribution in [0.3, 0.4) is 0 Å². The van der Waals surface area contributed by atoms with E-state index in [0.717, 1.165) is 12.2 Å². The quantitative estimate of drug-likeness (QED) is 0.661. The Hall–Kier alpha value is -1.04. The first kappa shape index (κ1) is 17.3. The van der Waals surface area contributed by atoms with Crippen LogP contribution in [0.4, 0.5) is 0 Å². The summed E-state index contributed by atoms with van der Waals surface area (Å²) in [7, 11) is 1.35. The van der Waals surface area contributed by atoms with Gasteiger partial charge < -0.3 is 4.74 Å². The van der Waals surface area contributed by atoms with Crippen LogP contribution in [-0.2, 0) is 14.3 Å². The molecule has 1 aliphatic heterocycles. The molecular formula is C16H20ClNO3S. The predicted octanol–water partition coefficient (Wildman–Crippen LogP) is 2.77. The van der Waals surface area contributed by atoms with Crippen molar-refractivity contribution in [2.45, 2.75) is 18.9 Å². The Balaban J connectivity index is 2.31. The van der Waals surface area contributed by atoms with E-state index in [1.807, 2.05) is 17.0 Å². The van der Waals surface area contributed by atoms with Gasteiger partial charge in [-0.3, -0.25) is 9.69 Å². The molecule has 120 valence electrons. The lowest BCUT2D eigenvalue weighted by atomic mass is 9.92. The third kappa shape index (κ3) is 4.03. The summed E-state index contributed by atoms with van der Waals surface area (Å²) in [6, 6.07) is 6.53. The van der Waals surface area contributed by atoms with E-state index in [1.54, 1.807) is 12.1 Å². The summed E-state index contributed by atoms with van der Waals surface area (Å²) >= 11 is 10.5. The second-order valence-electron chi connectivity index (χ2n) is 5.50. The number of thiol groups is 1. The fourth-order valence-corrected chi connectivity index (χ4v) is 3.53. The zero-order chi connectivity index (χ0) is 16.1. The molecule has 0 radical (unpaired) electrons. The van der Waals surface area contributed by atoms with Crippen LogP contribution >= 0.6 is 24.2 Å². The van der Waals surface area contributed by atoms with Crippen molar-refractivity contribution in [3.05, 3.63) is 34.9 Å². The Morgan fingerprint density at radius 1 is 1.50 bits per heavy atom. The van der Waals surface area contributed by atoms with E-state index in [0.29, 0.717) is 23.6 Å². The number of ether oxygens (including phenoxy) is 1. The lowest BCUT2D eigenvalue weighted by Gasteiger charge is -2.36. The highest BCUT2D eigenvalue weighted by Crippen LogP contribution is 2.32. The molecule has 1 fully saturated rings. The molecule has 1 heterocycles. The molecule has 6 heteroatoms. The topological polar surface area (TPSA) is 46.6 Å². The molecule has 0 aromatic heterocycles. The van der Waals surface area contributed by atoms with Gasteiger partial charge in [0.25, 0.3) is 0 Å². The fourth-order valence-electron chi connectivity index (χ4n) is 2.93. The molecule has 0 saturated carbocycles. The molecule has 1 saturated heterocycles. The van der Waals surface area contributed by atoms with Crippen molar-refractivity contribution in [2.24, 2.45) is 5.92 Å². The molecule has 0 amide bonds. The number of hydrogen-bond donors (Lipinski definition) is 1. The fraction of sp³-hybridized carbons (Fsp3) is 0.500. The number of benzene rings is 1. The summed E-state index contributed by atoms with van der Waals surface area (Å²) < 4.78 is 4.94. The van der Waals surface area contributed by atoms with E-state index >= 15 is 0 Å². The van der Waals surface area contributed by atoms with Gasteiger partial charge in [0.1, 0.15) is 11.8 Å². The number of piperidine rings is 1. The van der Waals surface area contributed by atoms with Gasteiger partial charge in [0.05, 0.1) is 13.7 Å². The van der Waals surface area contributed by atoms with Gasteiger partial charge in [-0.05, 0) is 29.7 Å². The lowest BCUT2D eigenvalue weighted by Crippen LogP contribution is -2.45. The number of ketones is 1. The van der Waals surface area contributed by atoms with E-state index in [1.165, 1.54) is 7.11 Å². The highest BCUT2D eigenvalue weighted by atomic mass is 35.5. The van der Waals surface area contributed by atoms with Crippen molar-refractivity contribution in [1.82, 2.24) is 4.90 Å². The third-order valence-corrected chi connectivity index (χ3v) is 4.52. The normalized spacial score (nSPS) is 20.7. The zero-order valence-electron chi connectivity index (χ0n) is 12.5. The Morgan fingerprint density at radius 2 is 2.23 bits per heavy atom. The van der Waals surface area contributed by atoms with Crippen molar-refractivity contribution in [2.75, 3.05) is 26.0 Å². The smallest absolute Gasteiger partial charge is 0.327 e. The van der Waals surface area contributed by atoms with Crippen LogP contribution < -0.4 is 0 Å². The molecule has 0 N–H and O–H groups in total. The highest BCUT2D eigenvalue weighted by molar-refractivity contribution is 7.80. The van der Waals surface area contributed by atoms with Gasteiger partial charge in [-0.15, -0.1) is 0 Å². The summed E-state index contributed by atoms with van der Waals surface area (Å²) in [6.07, 6.45) is 1.40. The maximum absolute atomic E-state index is 12.3. The summed E-state index contributed by atoms with van der Waals surface area (Å²) in [5.74, 6) is 0.681. The Labute approximate surface area is 141 Å². The Bertz CT molecular complexity index is 552. The van der Waals surface area contributed by atoms with E-state index in [4.69, 9.17) is 16.3 Å². The summed E-state index contributed by atoms with van der Waals surface area (Å²) in [6.45, 7) is 0.908. The number of carbonyl (C=O) groups is 2. The molecular weight excluding hydrogens is 322 g/mol. The second-order valence-corrected chi connectivity index (χ2v) is 6.35. The molecule has 2 rings (SSSR count). The van der Waals surface area contributed by atoms with Crippen LogP contribution in [0.25, 0.3) is 0 Å². The van der Waals surface area contributed by atoms with Crippen LogP contribution in [0.1, 0.15) is 24.4 Å². The molecule has 0 spiro atoms. The second kappa shape index (κ2) is 7.99. The first-order valence-electron chi connectivity index (χ1n) is 7.25. The van der Waals surface area contributed by atoms with Crippen molar-refractivity contribution in [3.8, 4) is 0 Å². The number of rotatable bonds is 5. The lowest BCUT2D eigenvalue weighted by molar-refractivity contribution is -0.149. The van der Waals surface area contributed by atoms with Crippen molar-refractivity contribution < 1.29 is 14.3 Å². The van der Waals surface area contributed by atoms with E-state index in [9.17, 15) is 9.59 Å². The van der Waals surface area contributed by atoms with Crippen LogP contribution in [0, 0.1) is 5.92 Å². The van der Waals surface area contributed by atoms with Crippen LogP contribution in [0.5, 0.6) is 0 Å².